The van der Waals surface area contributed by atoms with Crippen LogP contribution >= 0.6 is 11.3 Å². The highest BCUT2D eigenvalue weighted by molar-refractivity contribution is 7.10. The molecule has 116 valence electrons. The molecule has 5 nitrogen and oxygen atoms in total. The number of methoxy groups -OCH3 is 1. The van der Waals surface area contributed by atoms with E-state index in [1.807, 2.05) is 17.5 Å². The monoisotopic (exact) mass is 310 g/mol. The molecule has 2 N–H and O–H groups in total. The Morgan fingerprint density at radius 1 is 1.48 bits per heavy atom. The third kappa shape index (κ3) is 4.82. The summed E-state index contributed by atoms with van der Waals surface area (Å²) in [5.74, 6) is -0.346. The topological polar surface area (TPSA) is 67.4 Å². The lowest BCUT2D eigenvalue weighted by atomic mass is 10.1. The molecule has 0 aliphatic carbocycles. The van der Waals surface area contributed by atoms with Crippen LogP contribution in [0.3, 0.4) is 0 Å². The van der Waals surface area contributed by atoms with Crippen LogP contribution < -0.4 is 10.6 Å². The maximum Gasteiger partial charge on any atom is 0.307 e. The minimum Gasteiger partial charge on any atom is -0.469 e. The third-order valence-electron chi connectivity index (χ3n) is 3.68. The van der Waals surface area contributed by atoms with Gasteiger partial charge in [0.2, 0.25) is 5.91 Å². The van der Waals surface area contributed by atoms with Gasteiger partial charge in [-0.25, -0.2) is 0 Å². The number of amides is 1. The second kappa shape index (κ2) is 8.14. The molecule has 0 saturated carbocycles. The van der Waals surface area contributed by atoms with Crippen molar-refractivity contribution in [1.29, 1.82) is 0 Å². The van der Waals surface area contributed by atoms with Gasteiger partial charge in [0.1, 0.15) is 0 Å². The number of esters is 1. The van der Waals surface area contributed by atoms with Crippen molar-refractivity contribution in [3.05, 3.63) is 22.4 Å². The molecule has 1 aliphatic rings. The molecule has 1 aromatic rings. The van der Waals surface area contributed by atoms with Crippen molar-refractivity contribution in [2.45, 2.75) is 44.2 Å². The van der Waals surface area contributed by atoms with Crippen LogP contribution in [0.4, 0.5) is 0 Å². The highest BCUT2D eigenvalue weighted by atomic mass is 32.1. The van der Waals surface area contributed by atoms with Crippen molar-refractivity contribution >= 4 is 23.2 Å². The zero-order valence-corrected chi connectivity index (χ0v) is 13.1. The number of ether oxygens (including phenoxy) is 1. The van der Waals surface area contributed by atoms with Crippen molar-refractivity contribution < 1.29 is 14.3 Å². The first-order valence-electron chi connectivity index (χ1n) is 7.34. The molecule has 2 atom stereocenters. The summed E-state index contributed by atoms with van der Waals surface area (Å²) in [4.78, 5) is 24.9. The van der Waals surface area contributed by atoms with Gasteiger partial charge in [0, 0.05) is 4.88 Å². The Morgan fingerprint density at radius 2 is 2.33 bits per heavy atom. The first kappa shape index (κ1) is 16.0. The van der Waals surface area contributed by atoms with Crippen molar-refractivity contribution in [3.63, 3.8) is 0 Å². The fourth-order valence-corrected chi connectivity index (χ4v) is 3.26. The summed E-state index contributed by atoms with van der Waals surface area (Å²) >= 11 is 1.53. The van der Waals surface area contributed by atoms with Crippen LogP contribution in [0.25, 0.3) is 0 Å². The molecule has 1 fully saturated rings. The molecule has 0 radical (unpaired) electrons. The number of carbonyl (C=O) groups excluding carboxylic acids is 2. The van der Waals surface area contributed by atoms with E-state index in [-0.39, 0.29) is 30.4 Å². The summed E-state index contributed by atoms with van der Waals surface area (Å²) in [5.41, 5.74) is 0. The first-order valence-corrected chi connectivity index (χ1v) is 8.22. The van der Waals surface area contributed by atoms with E-state index < -0.39 is 0 Å². The molecule has 6 heteroatoms. The van der Waals surface area contributed by atoms with E-state index in [0.29, 0.717) is 0 Å². The van der Waals surface area contributed by atoms with E-state index in [2.05, 4.69) is 10.6 Å². The van der Waals surface area contributed by atoms with Gasteiger partial charge in [0.15, 0.2) is 0 Å². The summed E-state index contributed by atoms with van der Waals surface area (Å²) < 4.78 is 4.72. The minimum absolute atomic E-state index is 0.0285. The molecule has 2 unspecified atom stereocenters. The summed E-state index contributed by atoms with van der Waals surface area (Å²) in [5, 5.41) is 8.20. The molecule has 2 heterocycles. The second-order valence-corrected chi connectivity index (χ2v) is 6.19. The molecule has 0 bridgehead atoms. The predicted octanol–water partition coefficient (Wildman–Crippen LogP) is 2.00. The third-order valence-corrected chi connectivity index (χ3v) is 4.66. The fourth-order valence-electron chi connectivity index (χ4n) is 2.49. The number of hydrogen-bond acceptors (Lipinski definition) is 5. The predicted molar refractivity (Wildman–Crippen MR) is 82.1 cm³/mol. The van der Waals surface area contributed by atoms with E-state index in [1.165, 1.54) is 18.4 Å². The highest BCUT2D eigenvalue weighted by Crippen LogP contribution is 2.23. The summed E-state index contributed by atoms with van der Waals surface area (Å²) in [6, 6.07) is 3.38. The normalized spacial score (nSPS) is 20.3. The van der Waals surface area contributed by atoms with Crippen LogP contribution in [-0.2, 0) is 14.3 Å². The maximum atomic E-state index is 12.4. The molecule has 2 rings (SSSR count). The lowest BCUT2D eigenvalue weighted by Crippen LogP contribution is -2.45. The van der Waals surface area contributed by atoms with Gasteiger partial charge in [-0.1, -0.05) is 18.9 Å². The summed E-state index contributed by atoms with van der Waals surface area (Å²) in [7, 11) is 1.36. The van der Waals surface area contributed by atoms with Crippen LogP contribution in [0.5, 0.6) is 0 Å². The van der Waals surface area contributed by atoms with Gasteiger partial charge in [0.25, 0.3) is 0 Å². The molecule has 1 saturated heterocycles. The number of thiophene rings is 1. The van der Waals surface area contributed by atoms with Crippen LogP contribution in [0.15, 0.2) is 17.5 Å². The standard InChI is InChI=1S/C15H22N2O3S/c1-20-14(18)10-12(13-7-5-9-21-13)17-15(19)11-6-3-2-4-8-16-11/h5,7,9,11-12,16H,2-4,6,8,10H2,1H3,(H,17,19). The van der Waals surface area contributed by atoms with Crippen LogP contribution in [-0.4, -0.2) is 31.6 Å². The Labute approximate surface area is 129 Å². The zero-order valence-electron chi connectivity index (χ0n) is 12.3. The van der Waals surface area contributed by atoms with Gasteiger partial charge in [-0.3, -0.25) is 9.59 Å². The molecular formula is C15H22N2O3S. The Kier molecular flexibility index (Phi) is 6.20. The Balaban J connectivity index is 2.00. The minimum atomic E-state index is -0.317. The highest BCUT2D eigenvalue weighted by Gasteiger charge is 2.25. The molecule has 1 aliphatic heterocycles. The average Bonchev–Trinajstić information content (AvgIpc) is 2.88. The largest absolute Gasteiger partial charge is 0.469 e. The van der Waals surface area contributed by atoms with Crippen LogP contribution in [0.1, 0.15) is 43.0 Å². The lowest BCUT2D eigenvalue weighted by Gasteiger charge is -2.21. The Morgan fingerprint density at radius 3 is 3.05 bits per heavy atom. The maximum absolute atomic E-state index is 12.4. The Bertz CT molecular complexity index is 453. The molecule has 21 heavy (non-hydrogen) atoms. The number of nitrogens with one attached hydrogen (secondary N) is 2. The van der Waals surface area contributed by atoms with Crippen molar-refractivity contribution in [3.8, 4) is 0 Å². The first-order chi connectivity index (χ1) is 10.2. The van der Waals surface area contributed by atoms with Crippen LogP contribution in [0.2, 0.25) is 0 Å². The van der Waals surface area contributed by atoms with Crippen molar-refractivity contribution in [2.75, 3.05) is 13.7 Å². The van der Waals surface area contributed by atoms with Gasteiger partial charge in [-0.05, 0) is 30.8 Å². The van der Waals surface area contributed by atoms with Crippen LogP contribution in [0, 0.1) is 0 Å². The van der Waals surface area contributed by atoms with Crippen molar-refractivity contribution in [2.24, 2.45) is 0 Å². The van der Waals surface area contributed by atoms with Gasteiger partial charge in [-0.15, -0.1) is 11.3 Å². The van der Waals surface area contributed by atoms with E-state index >= 15 is 0 Å². The van der Waals surface area contributed by atoms with Gasteiger partial charge >= 0.3 is 5.97 Å². The van der Waals surface area contributed by atoms with E-state index in [1.54, 1.807) is 0 Å². The van der Waals surface area contributed by atoms with Crippen molar-refractivity contribution in [1.82, 2.24) is 10.6 Å². The van der Waals surface area contributed by atoms with E-state index in [0.717, 1.165) is 37.1 Å². The lowest BCUT2D eigenvalue weighted by molar-refractivity contribution is -0.141. The number of hydrogen-bond donors (Lipinski definition) is 2. The quantitative estimate of drug-likeness (QED) is 0.816. The molecule has 1 amide bonds. The van der Waals surface area contributed by atoms with Gasteiger partial charge < -0.3 is 15.4 Å². The fraction of sp³-hybridized carbons (Fsp3) is 0.600. The van der Waals surface area contributed by atoms with Gasteiger partial charge in [0.05, 0.1) is 25.6 Å². The molecule has 1 aromatic heterocycles. The average molecular weight is 310 g/mol. The molecule has 0 spiro atoms. The SMILES string of the molecule is COC(=O)CC(NC(=O)C1CCCCCN1)c1cccs1. The zero-order chi connectivity index (χ0) is 15.1. The van der Waals surface area contributed by atoms with E-state index in [4.69, 9.17) is 4.74 Å². The van der Waals surface area contributed by atoms with Gasteiger partial charge in [-0.2, -0.15) is 0 Å². The second-order valence-electron chi connectivity index (χ2n) is 5.21. The summed E-state index contributed by atoms with van der Waals surface area (Å²) in [6.07, 6.45) is 4.34. The smallest absolute Gasteiger partial charge is 0.307 e. The summed E-state index contributed by atoms with van der Waals surface area (Å²) in [6.45, 7) is 0.874. The number of rotatable bonds is 5. The molecular weight excluding hydrogens is 288 g/mol. The number of carbonyl (C=O) groups is 2. The Hall–Kier alpha value is -1.40. The molecule has 0 aromatic carbocycles. The van der Waals surface area contributed by atoms with E-state index in [9.17, 15) is 9.59 Å².